The third kappa shape index (κ3) is 5.28. The fourth-order valence-electron chi connectivity index (χ4n) is 11.2. The van der Waals surface area contributed by atoms with Gasteiger partial charge in [0.2, 0.25) is 0 Å². The van der Waals surface area contributed by atoms with Crippen molar-refractivity contribution in [2.24, 2.45) is 29.6 Å². The number of phenols is 3. The summed E-state index contributed by atoms with van der Waals surface area (Å²) in [7, 11) is 1.48. The number of hydrogen-bond donors (Lipinski definition) is 6. The molecule has 8 rings (SSSR count). The number of aromatic hydroxyl groups is 3. The van der Waals surface area contributed by atoms with E-state index in [1.165, 1.54) is 13.2 Å². The molecule has 50 heavy (non-hydrogen) atoms. The van der Waals surface area contributed by atoms with Gasteiger partial charge in [-0.05, 0) is 108 Å². The molecule has 3 fully saturated rings. The van der Waals surface area contributed by atoms with Crippen molar-refractivity contribution < 1.29 is 35.1 Å². The molecule has 3 aromatic rings. The maximum Gasteiger partial charge on any atom is 0.160 e. The monoisotopic (exact) mass is 677 g/mol. The minimum absolute atomic E-state index is 0.0320. The topological polar surface area (TPSA) is 139 Å². The standard InChI is InChI=1S/C42H47NO7/c1-50-39-19-31(28(22-44)15-37(39)48)30-16-29(45)17-38(49)41-27(10-9-25(30)13-23-5-3-2-4-6-23)21-43-40-12-11-24-7-8-26-14-33(24)42(40,41)34-20-36(47)35(46)18-32(26)34/h2-6,15,18-20,24-27,30,33,38,40-41,43-44,46-49H,7-8,11-14,16-17,21-22H2,1H3. The quantitative estimate of drug-likeness (QED) is 0.156. The van der Waals surface area contributed by atoms with Crippen LogP contribution in [-0.2, 0) is 23.2 Å². The lowest BCUT2D eigenvalue weighted by atomic mass is 9.40. The minimum Gasteiger partial charge on any atom is -0.504 e. The number of nitrogens with one attached hydrogen (secondary N) is 1. The van der Waals surface area contributed by atoms with Crippen LogP contribution in [0.15, 0.2) is 54.6 Å². The van der Waals surface area contributed by atoms with E-state index in [2.05, 4.69) is 29.3 Å². The fraction of sp³-hybridized carbons (Fsp3) is 0.500. The molecule has 4 aliphatic carbocycles. The zero-order chi connectivity index (χ0) is 34.7. The van der Waals surface area contributed by atoms with Gasteiger partial charge in [0.1, 0.15) is 5.78 Å². The molecule has 1 saturated heterocycles. The van der Waals surface area contributed by atoms with E-state index in [0.717, 1.165) is 48.8 Å². The summed E-state index contributed by atoms with van der Waals surface area (Å²) >= 11 is 0. The number of aliphatic hydroxyl groups excluding tert-OH is 2. The van der Waals surface area contributed by atoms with Gasteiger partial charge in [0, 0.05) is 54.5 Å². The third-order valence-electron chi connectivity index (χ3n) is 13.2. The van der Waals surface area contributed by atoms with Gasteiger partial charge < -0.3 is 35.6 Å². The first-order chi connectivity index (χ1) is 24.2. The van der Waals surface area contributed by atoms with Crippen molar-refractivity contribution in [3.05, 3.63) is 82.4 Å². The Balaban J connectivity index is 1.30. The van der Waals surface area contributed by atoms with E-state index in [4.69, 9.17) is 4.74 Å². The van der Waals surface area contributed by atoms with E-state index in [1.54, 1.807) is 18.2 Å². The van der Waals surface area contributed by atoms with E-state index >= 15 is 0 Å². The minimum atomic E-state index is -0.967. The highest BCUT2D eigenvalue weighted by molar-refractivity contribution is 5.80. The molecule has 262 valence electrons. The number of hydrogen-bond acceptors (Lipinski definition) is 8. The number of fused-ring (bicyclic) bond motifs is 4. The van der Waals surface area contributed by atoms with Crippen LogP contribution >= 0.6 is 0 Å². The second kappa shape index (κ2) is 12.9. The molecule has 8 heteroatoms. The normalized spacial score (nSPS) is 34.3. The van der Waals surface area contributed by atoms with E-state index in [0.29, 0.717) is 30.0 Å². The van der Waals surface area contributed by atoms with Crippen LogP contribution in [0.2, 0.25) is 0 Å². The number of rotatable bonds is 5. The van der Waals surface area contributed by atoms with Gasteiger partial charge in [-0.2, -0.15) is 0 Å². The number of Topliss-reactive ketones (excluding diaryl/α,β-unsaturated/α-hetero) is 1. The van der Waals surface area contributed by atoms with Gasteiger partial charge in [-0.25, -0.2) is 0 Å². The first-order valence-electron chi connectivity index (χ1n) is 18.3. The lowest BCUT2D eigenvalue weighted by Gasteiger charge is -2.66. The SMILES string of the molecule is COc1cc(C2CC(=O)CC(O)C3C(C#CC2Cc2ccccc2)CNC2CCC4CCC5CC4C23c2cc(O)c(O)cc25)c(CO)cc1O. The van der Waals surface area contributed by atoms with E-state index in [9.17, 15) is 30.3 Å². The molecule has 0 aromatic heterocycles. The Morgan fingerprint density at radius 1 is 0.920 bits per heavy atom. The van der Waals surface area contributed by atoms with E-state index in [-0.39, 0.29) is 83.9 Å². The molecule has 2 saturated carbocycles. The van der Waals surface area contributed by atoms with Gasteiger partial charge in [0.15, 0.2) is 23.0 Å². The number of carbonyl (C=O) groups excluding carboxylic acids is 1. The molecule has 6 N–H and O–H groups in total. The highest BCUT2D eigenvalue weighted by Gasteiger charge is 2.65. The highest BCUT2D eigenvalue weighted by atomic mass is 16.5. The van der Waals surface area contributed by atoms with Crippen LogP contribution in [0.4, 0.5) is 0 Å². The summed E-state index contributed by atoms with van der Waals surface area (Å²) in [4.78, 5) is 14.3. The molecule has 2 bridgehead atoms. The second-order valence-electron chi connectivity index (χ2n) is 15.5. The van der Waals surface area contributed by atoms with Crippen LogP contribution in [0.1, 0.15) is 84.6 Å². The maximum absolute atomic E-state index is 14.3. The molecule has 10 atom stereocenters. The lowest BCUT2D eigenvalue weighted by Crippen LogP contribution is -2.71. The Bertz CT molecular complexity index is 1850. The molecule has 5 aliphatic rings. The van der Waals surface area contributed by atoms with Crippen LogP contribution in [-0.4, -0.2) is 57.1 Å². The van der Waals surface area contributed by atoms with Crippen molar-refractivity contribution in [2.45, 2.75) is 87.4 Å². The molecule has 1 aliphatic heterocycles. The Hall–Kier alpha value is -4.03. The van der Waals surface area contributed by atoms with E-state index in [1.807, 2.05) is 18.2 Å². The van der Waals surface area contributed by atoms with Gasteiger partial charge in [0.05, 0.1) is 19.8 Å². The van der Waals surface area contributed by atoms with Gasteiger partial charge in [-0.15, -0.1) is 0 Å². The summed E-state index contributed by atoms with van der Waals surface area (Å²) in [5.74, 6) is 6.87. The van der Waals surface area contributed by atoms with Crippen molar-refractivity contribution in [3.8, 4) is 34.8 Å². The number of ketones is 1. The molecule has 8 nitrogen and oxygen atoms in total. The van der Waals surface area contributed by atoms with Crippen molar-refractivity contribution in [2.75, 3.05) is 13.7 Å². The number of aliphatic hydroxyl groups is 2. The summed E-state index contributed by atoms with van der Waals surface area (Å²) < 4.78 is 5.48. The smallest absolute Gasteiger partial charge is 0.160 e. The van der Waals surface area contributed by atoms with Crippen molar-refractivity contribution in [1.82, 2.24) is 5.32 Å². The zero-order valence-electron chi connectivity index (χ0n) is 28.5. The molecule has 1 spiro atoms. The van der Waals surface area contributed by atoms with Gasteiger partial charge in [-0.1, -0.05) is 42.2 Å². The van der Waals surface area contributed by atoms with Crippen LogP contribution in [0, 0.1) is 41.4 Å². The second-order valence-corrected chi connectivity index (χ2v) is 15.5. The molecule has 0 radical (unpaired) electrons. The molecule has 1 heterocycles. The molecular weight excluding hydrogens is 630 g/mol. The van der Waals surface area contributed by atoms with Gasteiger partial charge >= 0.3 is 0 Å². The Morgan fingerprint density at radius 2 is 1.70 bits per heavy atom. The maximum atomic E-state index is 14.3. The van der Waals surface area contributed by atoms with Crippen LogP contribution in [0.3, 0.4) is 0 Å². The predicted octanol–water partition coefficient (Wildman–Crippen LogP) is 5.42. The van der Waals surface area contributed by atoms with Crippen LogP contribution < -0.4 is 10.1 Å². The summed E-state index contributed by atoms with van der Waals surface area (Å²) in [5.41, 5.74) is 3.82. The number of carbonyl (C=O) groups is 1. The van der Waals surface area contributed by atoms with Crippen molar-refractivity contribution >= 4 is 5.78 Å². The average molecular weight is 678 g/mol. The summed E-state index contributed by atoms with van der Waals surface area (Å²) in [6.07, 6.45) is 4.82. The Labute approximate surface area is 293 Å². The van der Waals surface area contributed by atoms with E-state index < -0.39 is 17.4 Å². The fourth-order valence-corrected chi connectivity index (χ4v) is 11.2. The van der Waals surface area contributed by atoms with Gasteiger partial charge in [-0.3, -0.25) is 4.79 Å². The number of ether oxygens (including phenoxy) is 1. The van der Waals surface area contributed by atoms with Crippen molar-refractivity contribution in [3.63, 3.8) is 0 Å². The van der Waals surface area contributed by atoms with Gasteiger partial charge in [0.25, 0.3) is 0 Å². The Kier molecular flexibility index (Phi) is 8.57. The average Bonchev–Trinajstić information content (AvgIpc) is 3.12. The number of piperidine rings is 1. The number of phenolic OH excluding ortho intramolecular Hbond substituents is 3. The summed E-state index contributed by atoms with van der Waals surface area (Å²) in [6, 6.07) is 16.9. The highest BCUT2D eigenvalue weighted by Crippen LogP contribution is 2.66. The van der Waals surface area contributed by atoms with Crippen LogP contribution in [0.25, 0.3) is 0 Å². The van der Waals surface area contributed by atoms with Crippen LogP contribution in [0.5, 0.6) is 23.0 Å². The third-order valence-corrected chi connectivity index (χ3v) is 13.2. The largest absolute Gasteiger partial charge is 0.504 e. The molecule has 0 amide bonds. The first kappa shape index (κ1) is 33.1. The number of methoxy groups -OCH3 is 1. The summed E-state index contributed by atoms with van der Waals surface area (Å²) in [6.45, 7) is 0.253. The summed E-state index contributed by atoms with van der Waals surface area (Å²) in [5, 5.41) is 59.0. The zero-order valence-corrected chi connectivity index (χ0v) is 28.5. The first-order valence-corrected chi connectivity index (χ1v) is 18.3. The number of benzene rings is 3. The molecule has 10 unspecified atom stereocenters. The molecular formula is C42H47NO7. The Morgan fingerprint density at radius 3 is 2.48 bits per heavy atom. The van der Waals surface area contributed by atoms with Crippen molar-refractivity contribution in [1.29, 1.82) is 0 Å². The molecule has 3 aromatic carbocycles. The lowest BCUT2D eigenvalue weighted by molar-refractivity contribution is -0.128. The predicted molar refractivity (Wildman–Crippen MR) is 188 cm³/mol.